The first-order valence-corrected chi connectivity index (χ1v) is 10.1. The number of aromatic nitrogens is 3. The molecule has 13 heteroatoms. The molecule has 0 unspecified atom stereocenters. The van der Waals surface area contributed by atoms with Crippen LogP contribution in [0.15, 0.2) is 65.8 Å². The van der Waals surface area contributed by atoms with E-state index in [1.54, 1.807) is 18.2 Å². The average molecular weight is 491 g/mol. The zero-order valence-electron chi connectivity index (χ0n) is 16.8. The second-order valence-electron chi connectivity index (χ2n) is 6.47. The standard InChI is InChI=1S/C21H13F4N5O3S/c22-11-8-12(23)10-13(9-11)34-30-16-3-4-17(18(24)19(16)32-33-25)31-20-14(2-1-6-27-20)15-5-7-28-21(26)29-15/h1-10,30H,(H2,26,28,29). The van der Waals surface area contributed by atoms with Crippen LogP contribution in [0.4, 0.5) is 29.3 Å². The molecule has 3 N–H and O–H groups in total. The van der Waals surface area contributed by atoms with Gasteiger partial charge in [-0.2, -0.15) is 4.39 Å². The summed E-state index contributed by atoms with van der Waals surface area (Å²) >= 11 is 0.728. The molecule has 4 aromatic rings. The Kier molecular flexibility index (Phi) is 6.94. The van der Waals surface area contributed by atoms with E-state index in [4.69, 9.17) is 10.5 Å². The largest absolute Gasteiger partial charge is 0.435 e. The van der Waals surface area contributed by atoms with Crippen molar-refractivity contribution in [2.75, 3.05) is 10.5 Å². The van der Waals surface area contributed by atoms with Crippen molar-refractivity contribution >= 4 is 23.6 Å². The Balaban J connectivity index is 1.62. The summed E-state index contributed by atoms with van der Waals surface area (Å²) in [7, 11) is 0. The van der Waals surface area contributed by atoms with Crippen molar-refractivity contribution in [1.82, 2.24) is 15.0 Å². The molecule has 0 fully saturated rings. The summed E-state index contributed by atoms with van der Waals surface area (Å²) in [6.45, 7) is 0. The van der Waals surface area contributed by atoms with E-state index in [1.165, 1.54) is 24.5 Å². The maximum absolute atomic E-state index is 15.1. The first-order valence-electron chi connectivity index (χ1n) is 9.33. The summed E-state index contributed by atoms with van der Waals surface area (Å²) in [5.74, 6) is -3.88. The van der Waals surface area contributed by atoms with Gasteiger partial charge >= 0.3 is 0 Å². The van der Waals surface area contributed by atoms with E-state index in [1.807, 2.05) is 0 Å². The van der Waals surface area contributed by atoms with Gasteiger partial charge in [0, 0.05) is 28.4 Å². The number of anilines is 2. The van der Waals surface area contributed by atoms with Crippen LogP contribution in [0.3, 0.4) is 0 Å². The SMILES string of the molecule is Nc1nccc(-c2cccnc2Oc2ccc(NSc3cc(F)cc(F)c3)c(OOF)c2F)n1. The van der Waals surface area contributed by atoms with Crippen molar-refractivity contribution in [2.45, 2.75) is 4.90 Å². The predicted molar refractivity (Wildman–Crippen MR) is 115 cm³/mol. The van der Waals surface area contributed by atoms with Gasteiger partial charge in [-0.15, -0.1) is 0 Å². The minimum absolute atomic E-state index is 0.0142. The maximum atomic E-state index is 15.1. The van der Waals surface area contributed by atoms with E-state index >= 15 is 4.39 Å². The second-order valence-corrected chi connectivity index (χ2v) is 7.35. The highest BCUT2D eigenvalue weighted by Crippen LogP contribution is 2.40. The van der Waals surface area contributed by atoms with E-state index in [9.17, 15) is 13.3 Å². The van der Waals surface area contributed by atoms with Crippen molar-refractivity contribution in [3.8, 4) is 28.6 Å². The number of pyridine rings is 1. The number of halogens is 4. The summed E-state index contributed by atoms with van der Waals surface area (Å²) < 4.78 is 62.6. The summed E-state index contributed by atoms with van der Waals surface area (Å²) in [4.78, 5) is 16.4. The number of nitrogen functional groups attached to an aromatic ring is 1. The number of benzene rings is 2. The molecule has 0 aliphatic rings. The number of rotatable bonds is 8. The van der Waals surface area contributed by atoms with Gasteiger partial charge in [0.15, 0.2) is 5.75 Å². The first-order chi connectivity index (χ1) is 16.4. The quantitative estimate of drug-likeness (QED) is 0.140. The van der Waals surface area contributed by atoms with Gasteiger partial charge in [-0.05, 0) is 58.9 Å². The lowest BCUT2D eigenvalue weighted by Gasteiger charge is -2.14. The summed E-state index contributed by atoms with van der Waals surface area (Å²) in [6, 6.07) is 10.1. The van der Waals surface area contributed by atoms with Gasteiger partial charge in [0.2, 0.25) is 23.4 Å². The monoisotopic (exact) mass is 491 g/mol. The molecule has 2 aromatic carbocycles. The van der Waals surface area contributed by atoms with E-state index in [0.29, 0.717) is 17.3 Å². The van der Waals surface area contributed by atoms with Crippen LogP contribution in [0.5, 0.6) is 17.4 Å². The van der Waals surface area contributed by atoms with E-state index in [2.05, 4.69) is 29.7 Å². The highest BCUT2D eigenvalue weighted by molar-refractivity contribution is 8.00. The Morgan fingerprint density at radius 1 is 0.941 bits per heavy atom. The average Bonchev–Trinajstić information content (AvgIpc) is 2.81. The van der Waals surface area contributed by atoms with Crippen molar-refractivity contribution in [3.63, 3.8) is 0 Å². The molecule has 0 amide bonds. The lowest BCUT2D eigenvalue weighted by atomic mass is 10.2. The summed E-state index contributed by atoms with van der Waals surface area (Å²) in [5, 5.41) is 3.14. The molecule has 2 aromatic heterocycles. The molecule has 0 bridgehead atoms. The van der Waals surface area contributed by atoms with Crippen LogP contribution in [-0.2, 0) is 5.09 Å². The molecular formula is C21H13F4N5O3S. The molecule has 0 radical (unpaired) electrons. The van der Waals surface area contributed by atoms with Crippen molar-refractivity contribution in [1.29, 1.82) is 0 Å². The zero-order chi connectivity index (χ0) is 24.1. The molecule has 0 saturated heterocycles. The van der Waals surface area contributed by atoms with E-state index < -0.39 is 23.2 Å². The second kappa shape index (κ2) is 10.2. The van der Waals surface area contributed by atoms with Gasteiger partial charge in [0.05, 0.1) is 16.9 Å². The first kappa shape index (κ1) is 23.1. The summed E-state index contributed by atoms with van der Waals surface area (Å²) in [5.41, 5.74) is 6.26. The Bertz CT molecular complexity index is 1310. The van der Waals surface area contributed by atoms with E-state index in [0.717, 1.165) is 24.1 Å². The van der Waals surface area contributed by atoms with Crippen LogP contribution >= 0.6 is 11.9 Å². The lowest BCUT2D eigenvalue weighted by molar-refractivity contribution is -0.368. The van der Waals surface area contributed by atoms with Gasteiger partial charge in [0.25, 0.3) is 0 Å². The Hall–Kier alpha value is -4.10. The Morgan fingerprint density at radius 3 is 2.47 bits per heavy atom. The molecule has 8 nitrogen and oxygen atoms in total. The van der Waals surface area contributed by atoms with E-state index in [-0.39, 0.29) is 28.2 Å². The van der Waals surface area contributed by atoms with Crippen molar-refractivity contribution < 1.29 is 32.4 Å². The third-order valence-electron chi connectivity index (χ3n) is 4.22. The molecule has 2 heterocycles. The number of nitrogens with one attached hydrogen (secondary N) is 1. The predicted octanol–water partition coefficient (Wildman–Crippen LogP) is 5.64. The highest BCUT2D eigenvalue weighted by atomic mass is 32.2. The normalized spacial score (nSPS) is 10.7. The molecular weight excluding hydrogens is 478 g/mol. The number of nitrogens with two attached hydrogens (primary N) is 1. The molecule has 0 atom stereocenters. The van der Waals surface area contributed by atoms with Gasteiger partial charge in [-0.25, -0.2) is 23.7 Å². The zero-order valence-corrected chi connectivity index (χ0v) is 17.7. The fraction of sp³-hybridized carbons (Fsp3) is 0. The van der Waals surface area contributed by atoms with Gasteiger partial charge in [-0.3, -0.25) is 4.89 Å². The van der Waals surface area contributed by atoms with Crippen LogP contribution in [0.25, 0.3) is 11.3 Å². The number of hydrogen-bond acceptors (Lipinski definition) is 9. The maximum Gasteiger partial charge on any atom is 0.232 e. The van der Waals surface area contributed by atoms with Crippen LogP contribution in [0.2, 0.25) is 0 Å². The number of nitrogens with zero attached hydrogens (tertiary/aromatic N) is 3. The Morgan fingerprint density at radius 2 is 1.74 bits per heavy atom. The summed E-state index contributed by atoms with van der Waals surface area (Å²) in [6.07, 6.45) is 2.84. The molecule has 0 aliphatic heterocycles. The van der Waals surface area contributed by atoms with Crippen LogP contribution in [0.1, 0.15) is 0 Å². The number of ether oxygens (including phenoxy) is 1. The molecule has 34 heavy (non-hydrogen) atoms. The minimum atomic E-state index is -1.15. The molecule has 0 spiro atoms. The van der Waals surface area contributed by atoms with Crippen molar-refractivity contribution in [3.05, 3.63) is 78.4 Å². The fourth-order valence-electron chi connectivity index (χ4n) is 2.81. The topological polar surface area (TPSA) is 104 Å². The van der Waals surface area contributed by atoms with Crippen LogP contribution in [0, 0.1) is 17.5 Å². The van der Waals surface area contributed by atoms with Gasteiger partial charge in [0.1, 0.15) is 11.6 Å². The van der Waals surface area contributed by atoms with Crippen LogP contribution in [-0.4, -0.2) is 15.0 Å². The minimum Gasteiger partial charge on any atom is -0.435 e. The molecule has 4 rings (SSSR count). The van der Waals surface area contributed by atoms with Gasteiger partial charge < -0.3 is 15.2 Å². The Labute approximate surface area is 193 Å². The lowest BCUT2D eigenvalue weighted by Crippen LogP contribution is -2.01. The third-order valence-corrected chi connectivity index (χ3v) is 5.01. The van der Waals surface area contributed by atoms with Gasteiger partial charge in [-0.1, -0.05) is 0 Å². The van der Waals surface area contributed by atoms with Crippen LogP contribution < -0.4 is 20.1 Å². The van der Waals surface area contributed by atoms with Crippen molar-refractivity contribution in [2.24, 2.45) is 0 Å². The third kappa shape index (κ3) is 5.27. The molecule has 0 aliphatic carbocycles. The molecule has 0 saturated carbocycles. The fourth-order valence-corrected chi connectivity index (χ4v) is 3.54. The molecule has 174 valence electrons. The smallest absolute Gasteiger partial charge is 0.232 e. The highest BCUT2D eigenvalue weighted by Gasteiger charge is 2.21. The number of hydrogen-bond donors (Lipinski definition) is 2.